The molecule has 1 aromatic carbocycles. The third-order valence-electron chi connectivity index (χ3n) is 5.51. The molecule has 0 atom stereocenters. The van der Waals surface area contributed by atoms with E-state index in [1.807, 2.05) is 11.0 Å². The Hall–Kier alpha value is -2.77. The second-order valence-corrected chi connectivity index (χ2v) is 7.07. The third kappa shape index (κ3) is 3.20. The Labute approximate surface area is 158 Å². The standard InChI is InChI=1S/C19H25N5O3/c1-26-15-10-13-14(11-16(15)27-2)21-19(22-17(13)20)24-8-4-12(5-9-24)18(25)23-6-3-7-23/h10-12H,3-9H2,1-2H3,(H2,20,21,22). The molecule has 8 heteroatoms. The molecule has 8 nitrogen and oxygen atoms in total. The van der Waals surface area contributed by atoms with E-state index in [1.165, 1.54) is 0 Å². The second-order valence-electron chi connectivity index (χ2n) is 7.07. The molecule has 2 aliphatic heterocycles. The molecule has 2 fully saturated rings. The molecule has 1 amide bonds. The van der Waals surface area contributed by atoms with Gasteiger partial charge in [-0.1, -0.05) is 0 Å². The van der Waals surface area contributed by atoms with Crippen molar-refractivity contribution in [1.82, 2.24) is 14.9 Å². The second kappa shape index (κ2) is 7.09. The lowest BCUT2D eigenvalue weighted by Gasteiger charge is -2.37. The van der Waals surface area contributed by atoms with Crippen molar-refractivity contribution in [2.75, 3.05) is 51.0 Å². The number of amides is 1. The van der Waals surface area contributed by atoms with Gasteiger partial charge in [0.05, 0.1) is 19.7 Å². The topological polar surface area (TPSA) is 93.8 Å². The molecule has 3 heterocycles. The van der Waals surface area contributed by atoms with Gasteiger partial charge in [-0.2, -0.15) is 4.98 Å². The SMILES string of the molecule is COc1cc2nc(N3CCC(C(=O)N4CCC4)CC3)nc(N)c2cc1OC. The Balaban J connectivity index is 1.54. The smallest absolute Gasteiger partial charge is 0.227 e. The number of fused-ring (bicyclic) bond motifs is 1. The van der Waals surface area contributed by atoms with Crippen LogP contribution in [0.4, 0.5) is 11.8 Å². The average Bonchev–Trinajstić information content (AvgIpc) is 2.65. The summed E-state index contributed by atoms with van der Waals surface area (Å²) < 4.78 is 10.7. The number of aromatic nitrogens is 2. The number of ether oxygens (including phenoxy) is 2. The number of hydrogen-bond acceptors (Lipinski definition) is 7. The summed E-state index contributed by atoms with van der Waals surface area (Å²) in [6.07, 6.45) is 2.77. The molecule has 0 unspecified atom stereocenters. The molecule has 0 spiro atoms. The minimum absolute atomic E-state index is 0.115. The van der Waals surface area contributed by atoms with Crippen molar-refractivity contribution < 1.29 is 14.3 Å². The van der Waals surface area contributed by atoms with Gasteiger partial charge in [-0.15, -0.1) is 0 Å². The fourth-order valence-corrected chi connectivity index (χ4v) is 3.73. The van der Waals surface area contributed by atoms with Gasteiger partial charge in [0, 0.05) is 43.5 Å². The summed E-state index contributed by atoms with van der Waals surface area (Å²) in [6, 6.07) is 3.61. The van der Waals surface area contributed by atoms with Crippen molar-refractivity contribution in [2.24, 2.45) is 5.92 Å². The normalized spacial score (nSPS) is 17.7. The molecule has 1 aromatic heterocycles. The highest BCUT2D eigenvalue weighted by Crippen LogP contribution is 2.34. The monoisotopic (exact) mass is 371 g/mol. The minimum atomic E-state index is 0.115. The van der Waals surface area contributed by atoms with Crippen LogP contribution in [-0.4, -0.2) is 61.2 Å². The molecule has 2 aromatic rings. The van der Waals surface area contributed by atoms with Gasteiger partial charge in [-0.05, 0) is 25.3 Å². The number of methoxy groups -OCH3 is 2. The summed E-state index contributed by atoms with van der Waals surface area (Å²) in [5.74, 6) is 2.63. The maximum Gasteiger partial charge on any atom is 0.227 e. The Bertz CT molecular complexity index is 860. The van der Waals surface area contributed by atoms with E-state index in [9.17, 15) is 4.79 Å². The molecular weight excluding hydrogens is 346 g/mol. The van der Waals surface area contributed by atoms with Crippen molar-refractivity contribution in [2.45, 2.75) is 19.3 Å². The molecule has 0 saturated carbocycles. The van der Waals surface area contributed by atoms with Crippen LogP contribution in [0.25, 0.3) is 10.9 Å². The number of nitrogen functional groups attached to an aromatic ring is 1. The molecule has 2 N–H and O–H groups in total. The summed E-state index contributed by atoms with van der Waals surface area (Å²) >= 11 is 0. The van der Waals surface area contributed by atoms with Gasteiger partial charge in [0.2, 0.25) is 11.9 Å². The van der Waals surface area contributed by atoms with Gasteiger partial charge in [0.15, 0.2) is 11.5 Å². The number of benzene rings is 1. The molecule has 144 valence electrons. The Kier molecular flexibility index (Phi) is 4.63. The quantitative estimate of drug-likeness (QED) is 0.874. The number of carbonyl (C=O) groups excluding carboxylic acids is 1. The zero-order valence-electron chi connectivity index (χ0n) is 15.8. The fraction of sp³-hybridized carbons (Fsp3) is 0.526. The lowest BCUT2D eigenvalue weighted by molar-refractivity contribution is -0.139. The summed E-state index contributed by atoms with van der Waals surface area (Å²) in [5, 5.41) is 0.735. The van der Waals surface area contributed by atoms with Gasteiger partial charge in [-0.25, -0.2) is 4.98 Å². The number of nitrogens with two attached hydrogens (primary N) is 1. The number of piperidine rings is 1. The van der Waals surface area contributed by atoms with Crippen LogP contribution in [0.5, 0.6) is 11.5 Å². The van der Waals surface area contributed by atoms with Crippen molar-refractivity contribution in [3.8, 4) is 11.5 Å². The van der Waals surface area contributed by atoms with E-state index < -0.39 is 0 Å². The Morgan fingerprint density at radius 2 is 1.74 bits per heavy atom. The van der Waals surface area contributed by atoms with Crippen molar-refractivity contribution >= 4 is 28.6 Å². The first-order valence-electron chi connectivity index (χ1n) is 9.33. The summed E-state index contributed by atoms with van der Waals surface area (Å²) in [6.45, 7) is 3.33. The zero-order valence-corrected chi connectivity index (χ0v) is 15.8. The number of likely N-dealkylation sites (tertiary alicyclic amines) is 1. The van der Waals surface area contributed by atoms with Gasteiger partial charge >= 0.3 is 0 Å². The van der Waals surface area contributed by atoms with E-state index in [4.69, 9.17) is 15.2 Å². The number of rotatable bonds is 4. The number of nitrogens with zero attached hydrogens (tertiary/aromatic N) is 4. The number of anilines is 2. The number of carbonyl (C=O) groups is 1. The van der Waals surface area contributed by atoms with E-state index in [-0.39, 0.29) is 5.92 Å². The van der Waals surface area contributed by atoms with Crippen LogP contribution in [0.2, 0.25) is 0 Å². The molecule has 0 radical (unpaired) electrons. The van der Waals surface area contributed by atoms with Gasteiger partial charge in [-0.3, -0.25) is 4.79 Å². The highest BCUT2D eigenvalue weighted by Gasteiger charge is 2.31. The molecule has 0 bridgehead atoms. The van der Waals surface area contributed by atoms with Crippen LogP contribution in [-0.2, 0) is 4.79 Å². The molecule has 4 rings (SSSR count). The van der Waals surface area contributed by atoms with E-state index in [0.29, 0.717) is 34.7 Å². The largest absolute Gasteiger partial charge is 0.493 e. The average molecular weight is 371 g/mol. The third-order valence-corrected chi connectivity index (χ3v) is 5.51. The van der Waals surface area contributed by atoms with Crippen LogP contribution in [0, 0.1) is 5.92 Å². The van der Waals surface area contributed by atoms with Crippen molar-refractivity contribution in [1.29, 1.82) is 0 Å². The minimum Gasteiger partial charge on any atom is -0.493 e. The Morgan fingerprint density at radius 3 is 2.33 bits per heavy atom. The van der Waals surface area contributed by atoms with E-state index >= 15 is 0 Å². The lowest BCUT2D eigenvalue weighted by Crippen LogP contribution is -2.48. The molecule has 2 aliphatic rings. The maximum absolute atomic E-state index is 12.4. The van der Waals surface area contributed by atoms with Crippen LogP contribution in [0.15, 0.2) is 12.1 Å². The summed E-state index contributed by atoms with van der Waals surface area (Å²) in [7, 11) is 3.18. The first-order chi connectivity index (χ1) is 13.1. The molecule has 0 aliphatic carbocycles. The predicted octanol–water partition coefficient (Wildman–Crippen LogP) is 1.68. The van der Waals surface area contributed by atoms with E-state index in [1.54, 1.807) is 20.3 Å². The summed E-state index contributed by atoms with van der Waals surface area (Å²) in [5.41, 5.74) is 6.90. The van der Waals surface area contributed by atoms with Crippen molar-refractivity contribution in [3.05, 3.63) is 12.1 Å². The number of hydrogen-bond donors (Lipinski definition) is 1. The molecule has 27 heavy (non-hydrogen) atoms. The highest BCUT2D eigenvalue weighted by atomic mass is 16.5. The van der Waals surface area contributed by atoms with Crippen molar-refractivity contribution in [3.63, 3.8) is 0 Å². The van der Waals surface area contributed by atoms with Crippen LogP contribution in [0.1, 0.15) is 19.3 Å². The van der Waals surface area contributed by atoms with E-state index in [0.717, 1.165) is 50.8 Å². The van der Waals surface area contributed by atoms with Crippen LogP contribution >= 0.6 is 0 Å². The van der Waals surface area contributed by atoms with Gasteiger partial charge in [0.25, 0.3) is 0 Å². The fourth-order valence-electron chi connectivity index (χ4n) is 3.73. The van der Waals surface area contributed by atoms with Crippen LogP contribution < -0.4 is 20.1 Å². The lowest BCUT2D eigenvalue weighted by atomic mass is 9.94. The van der Waals surface area contributed by atoms with Gasteiger partial charge < -0.3 is 25.0 Å². The van der Waals surface area contributed by atoms with E-state index in [2.05, 4.69) is 14.9 Å². The Morgan fingerprint density at radius 1 is 1.07 bits per heavy atom. The first-order valence-corrected chi connectivity index (χ1v) is 9.33. The van der Waals surface area contributed by atoms with Gasteiger partial charge in [0.1, 0.15) is 5.82 Å². The maximum atomic E-state index is 12.4. The molecule has 2 saturated heterocycles. The summed E-state index contributed by atoms with van der Waals surface area (Å²) in [4.78, 5) is 25.6. The predicted molar refractivity (Wildman–Crippen MR) is 103 cm³/mol. The zero-order chi connectivity index (χ0) is 19.0. The highest BCUT2D eigenvalue weighted by molar-refractivity contribution is 5.91. The first kappa shape index (κ1) is 17.6. The molecular formula is C19H25N5O3. The van der Waals surface area contributed by atoms with Crippen LogP contribution in [0.3, 0.4) is 0 Å².